The van der Waals surface area contributed by atoms with Crippen LogP contribution in [0.1, 0.15) is 5.56 Å². The van der Waals surface area contributed by atoms with E-state index in [0.29, 0.717) is 16.7 Å². The van der Waals surface area contributed by atoms with Gasteiger partial charge in [0.25, 0.3) is 5.91 Å². The number of methoxy groups -OCH3 is 2. The molecule has 2 heterocycles. The van der Waals surface area contributed by atoms with Crippen LogP contribution in [0, 0.1) is 0 Å². The summed E-state index contributed by atoms with van der Waals surface area (Å²) in [6.07, 6.45) is 0.105. The molecule has 2 atom stereocenters. The Morgan fingerprint density at radius 2 is 1.93 bits per heavy atom. The molecule has 2 fully saturated rings. The first-order valence-corrected chi connectivity index (χ1v) is 12.1. The Hall–Kier alpha value is -2.52. The number of hydrogen-bond acceptors (Lipinski definition) is 6. The molecule has 4 rings (SSSR count). The molecule has 0 bridgehead atoms. The van der Waals surface area contributed by atoms with Crippen LogP contribution in [0.5, 0.6) is 11.5 Å². The fourth-order valence-electron chi connectivity index (χ4n) is 3.78. The normalized spacial score (nSPS) is 23.4. The molecular formula is C21H22N2O5S2. The van der Waals surface area contributed by atoms with Gasteiger partial charge in [-0.25, -0.2) is 8.42 Å². The van der Waals surface area contributed by atoms with Gasteiger partial charge in [-0.2, -0.15) is 4.99 Å². The van der Waals surface area contributed by atoms with Gasteiger partial charge >= 0.3 is 0 Å². The van der Waals surface area contributed by atoms with Crippen LogP contribution in [0.2, 0.25) is 0 Å². The Morgan fingerprint density at radius 1 is 1.13 bits per heavy atom. The van der Waals surface area contributed by atoms with Crippen molar-refractivity contribution in [2.24, 2.45) is 4.99 Å². The highest BCUT2D eigenvalue weighted by atomic mass is 32.2. The number of para-hydroxylation sites is 1. The molecule has 0 aromatic heterocycles. The van der Waals surface area contributed by atoms with Gasteiger partial charge in [-0.05, 0) is 18.2 Å². The van der Waals surface area contributed by atoms with Gasteiger partial charge in [0.05, 0.1) is 38.2 Å². The molecule has 30 heavy (non-hydrogen) atoms. The average Bonchev–Trinajstić information content (AvgIpc) is 3.18. The van der Waals surface area contributed by atoms with E-state index in [-0.39, 0.29) is 35.1 Å². The third-order valence-electron chi connectivity index (χ3n) is 5.15. The smallest absolute Gasteiger partial charge is 0.252 e. The summed E-state index contributed by atoms with van der Waals surface area (Å²) in [5.41, 5.74) is 1.52. The van der Waals surface area contributed by atoms with Gasteiger partial charge in [0.2, 0.25) is 0 Å². The molecule has 0 radical (unpaired) electrons. The van der Waals surface area contributed by atoms with Crippen molar-refractivity contribution in [2.45, 2.75) is 17.7 Å². The monoisotopic (exact) mass is 446 g/mol. The van der Waals surface area contributed by atoms with Crippen molar-refractivity contribution in [1.29, 1.82) is 0 Å². The zero-order chi connectivity index (χ0) is 21.3. The van der Waals surface area contributed by atoms with Crippen molar-refractivity contribution in [2.75, 3.05) is 30.6 Å². The molecule has 2 aromatic carbocycles. The molecule has 2 aromatic rings. The Bertz CT molecular complexity index is 1100. The van der Waals surface area contributed by atoms with Crippen molar-refractivity contribution in [3.05, 3.63) is 54.1 Å². The largest absolute Gasteiger partial charge is 0.497 e. The Kier molecular flexibility index (Phi) is 5.75. The summed E-state index contributed by atoms with van der Waals surface area (Å²) in [6.45, 7) is 0. The second-order valence-electron chi connectivity index (χ2n) is 7.15. The highest BCUT2D eigenvalue weighted by molar-refractivity contribution is 8.16. The van der Waals surface area contributed by atoms with Crippen LogP contribution in [0.3, 0.4) is 0 Å². The predicted octanol–water partition coefficient (Wildman–Crippen LogP) is 2.55. The van der Waals surface area contributed by atoms with E-state index in [2.05, 4.69) is 4.99 Å². The van der Waals surface area contributed by atoms with E-state index in [4.69, 9.17) is 9.47 Å². The third kappa shape index (κ3) is 4.17. The number of aliphatic imine (C=N–C) groups is 1. The molecule has 0 unspecified atom stereocenters. The molecule has 158 valence electrons. The number of thioether (sulfide) groups is 1. The van der Waals surface area contributed by atoms with Crippen LogP contribution in [-0.2, 0) is 21.1 Å². The molecule has 1 amide bonds. The number of ether oxygens (including phenoxy) is 2. The van der Waals surface area contributed by atoms with Gasteiger partial charge in [-0.3, -0.25) is 4.79 Å². The first kappa shape index (κ1) is 20.7. The van der Waals surface area contributed by atoms with E-state index in [9.17, 15) is 13.2 Å². The zero-order valence-corrected chi connectivity index (χ0v) is 18.3. The number of amidine groups is 1. The summed E-state index contributed by atoms with van der Waals surface area (Å²) in [5.74, 6) is 1.11. The summed E-state index contributed by atoms with van der Waals surface area (Å²) in [6, 6.07) is 14.4. The molecule has 0 spiro atoms. The van der Waals surface area contributed by atoms with Crippen LogP contribution in [0.25, 0.3) is 0 Å². The number of anilines is 1. The van der Waals surface area contributed by atoms with E-state index in [0.717, 1.165) is 11.3 Å². The van der Waals surface area contributed by atoms with Gasteiger partial charge in [0.1, 0.15) is 11.5 Å². The van der Waals surface area contributed by atoms with E-state index >= 15 is 0 Å². The van der Waals surface area contributed by atoms with Gasteiger partial charge in [-0.1, -0.05) is 36.0 Å². The molecular weight excluding hydrogens is 424 g/mol. The maximum atomic E-state index is 12.8. The zero-order valence-electron chi connectivity index (χ0n) is 16.6. The number of nitrogens with zero attached hydrogens (tertiary/aromatic N) is 2. The standard InChI is InChI=1S/C21H22N2O5S2/c1-27-16-8-5-7-15(11-16)23-17-12-30(25,26)13-19(17)29-21(23)22-20(24)10-14-6-3-4-9-18(14)28-2/h3-9,11,17,19H,10,12-13H2,1-2H3/t17-,19-/m1/s1. The van der Waals surface area contributed by atoms with Crippen molar-refractivity contribution in [3.8, 4) is 11.5 Å². The molecule has 7 nitrogen and oxygen atoms in total. The molecule has 0 saturated carbocycles. The van der Waals surface area contributed by atoms with Crippen molar-refractivity contribution in [3.63, 3.8) is 0 Å². The molecule has 0 N–H and O–H groups in total. The highest BCUT2D eigenvalue weighted by Gasteiger charge is 2.49. The van der Waals surface area contributed by atoms with E-state index < -0.39 is 9.84 Å². The second kappa shape index (κ2) is 8.31. The number of sulfone groups is 1. The Morgan fingerprint density at radius 3 is 2.70 bits per heavy atom. The maximum Gasteiger partial charge on any atom is 0.252 e. The van der Waals surface area contributed by atoms with E-state index in [1.165, 1.54) is 11.8 Å². The number of amides is 1. The van der Waals surface area contributed by atoms with Crippen LogP contribution < -0.4 is 14.4 Å². The number of hydrogen-bond donors (Lipinski definition) is 0. The highest BCUT2D eigenvalue weighted by Crippen LogP contribution is 2.41. The molecule has 0 aliphatic carbocycles. The predicted molar refractivity (Wildman–Crippen MR) is 118 cm³/mol. The summed E-state index contributed by atoms with van der Waals surface area (Å²) >= 11 is 1.35. The summed E-state index contributed by atoms with van der Waals surface area (Å²) < 4.78 is 35.0. The lowest BCUT2D eigenvalue weighted by Gasteiger charge is -2.24. The van der Waals surface area contributed by atoms with E-state index in [1.807, 2.05) is 47.4 Å². The Balaban J connectivity index is 1.66. The van der Waals surface area contributed by atoms with Crippen molar-refractivity contribution in [1.82, 2.24) is 0 Å². The number of carbonyl (C=O) groups excluding carboxylic acids is 1. The summed E-state index contributed by atoms with van der Waals surface area (Å²) in [7, 11) is 0.0177. The molecule has 2 aliphatic rings. The lowest BCUT2D eigenvalue weighted by molar-refractivity contribution is -0.117. The van der Waals surface area contributed by atoms with Gasteiger partial charge in [0.15, 0.2) is 15.0 Å². The van der Waals surface area contributed by atoms with Crippen LogP contribution in [-0.4, -0.2) is 56.5 Å². The minimum Gasteiger partial charge on any atom is -0.497 e. The van der Waals surface area contributed by atoms with Crippen LogP contribution >= 0.6 is 11.8 Å². The number of rotatable bonds is 5. The lowest BCUT2D eigenvalue weighted by Crippen LogP contribution is -2.37. The first-order chi connectivity index (χ1) is 14.4. The van der Waals surface area contributed by atoms with Gasteiger partial charge in [-0.15, -0.1) is 0 Å². The van der Waals surface area contributed by atoms with Crippen LogP contribution in [0.4, 0.5) is 5.69 Å². The summed E-state index contributed by atoms with van der Waals surface area (Å²) in [4.78, 5) is 19.0. The average molecular weight is 447 g/mol. The fraction of sp³-hybridized carbons (Fsp3) is 0.333. The first-order valence-electron chi connectivity index (χ1n) is 9.44. The second-order valence-corrected chi connectivity index (χ2v) is 10.5. The maximum absolute atomic E-state index is 12.8. The summed E-state index contributed by atoms with van der Waals surface area (Å²) in [5, 5.41) is 0.368. The Labute approximate surface area is 180 Å². The minimum atomic E-state index is -3.12. The van der Waals surface area contributed by atoms with Crippen LogP contribution in [0.15, 0.2) is 53.5 Å². The van der Waals surface area contributed by atoms with E-state index in [1.54, 1.807) is 20.3 Å². The van der Waals surface area contributed by atoms with Gasteiger partial charge in [0, 0.05) is 22.6 Å². The fourth-order valence-corrected chi connectivity index (χ4v) is 7.72. The number of benzene rings is 2. The van der Waals surface area contributed by atoms with Crippen molar-refractivity contribution < 1.29 is 22.7 Å². The minimum absolute atomic E-state index is 0.0432. The number of carbonyl (C=O) groups is 1. The van der Waals surface area contributed by atoms with Crippen molar-refractivity contribution >= 4 is 38.4 Å². The quantitative estimate of drug-likeness (QED) is 0.698. The SMILES string of the molecule is COc1cccc(N2C(=NC(=O)Cc3ccccc3OC)S[C@@H]3CS(=O)(=O)C[C@H]32)c1. The molecule has 2 saturated heterocycles. The van der Waals surface area contributed by atoms with Gasteiger partial charge < -0.3 is 14.4 Å². The third-order valence-corrected chi connectivity index (χ3v) is 8.36. The lowest BCUT2D eigenvalue weighted by atomic mass is 10.1. The topological polar surface area (TPSA) is 85.3 Å². The molecule has 9 heteroatoms. The molecule has 2 aliphatic heterocycles. The number of fused-ring (bicyclic) bond motifs is 1.